The molecule has 1 aromatic carbocycles. The highest BCUT2D eigenvalue weighted by atomic mass is 32.1. The van der Waals surface area contributed by atoms with Gasteiger partial charge >= 0.3 is 18.3 Å². The molecule has 0 amide bonds. The van der Waals surface area contributed by atoms with E-state index in [4.69, 9.17) is 15.6 Å². The Balaban J connectivity index is 0.000000509. The molecule has 8 nitrogen and oxygen atoms in total. The Morgan fingerprint density at radius 1 is 1.15 bits per heavy atom. The van der Waals surface area contributed by atoms with Gasteiger partial charge in [-0.2, -0.15) is 26.3 Å². The largest absolute Gasteiger partial charge is 0.490 e. The molecule has 0 saturated heterocycles. The van der Waals surface area contributed by atoms with Gasteiger partial charge in [0.1, 0.15) is 5.69 Å². The summed E-state index contributed by atoms with van der Waals surface area (Å²) in [4.78, 5) is 18.0. The summed E-state index contributed by atoms with van der Waals surface area (Å²) in [6, 6.07) is 5.39. The molecule has 0 saturated carbocycles. The maximum atomic E-state index is 13.3. The molecule has 1 unspecified atom stereocenters. The van der Waals surface area contributed by atoms with Crippen LogP contribution < -0.4 is 5.73 Å². The van der Waals surface area contributed by atoms with Crippen LogP contribution in [0.5, 0.6) is 0 Å². The highest BCUT2D eigenvalue weighted by molar-refractivity contribution is 7.09. The van der Waals surface area contributed by atoms with Crippen molar-refractivity contribution in [2.75, 3.05) is 12.3 Å². The van der Waals surface area contributed by atoms with E-state index < -0.39 is 36.1 Å². The van der Waals surface area contributed by atoms with E-state index in [2.05, 4.69) is 14.3 Å². The van der Waals surface area contributed by atoms with E-state index in [-0.39, 0.29) is 11.5 Å². The number of anilines is 1. The smallest absolute Gasteiger partial charge is 0.475 e. The van der Waals surface area contributed by atoms with Crippen molar-refractivity contribution >= 4 is 23.3 Å². The second kappa shape index (κ2) is 9.90. The first kappa shape index (κ1) is 26.9. The number of alkyl halides is 6. The molecule has 34 heavy (non-hydrogen) atoms. The van der Waals surface area contributed by atoms with E-state index in [1.165, 1.54) is 12.3 Å². The summed E-state index contributed by atoms with van der Waals surface area (Å²) in [6.07, 6.45) is -7.21. The molecule has 0 aliphatic rings. The van der Waals surface area contributed by atoms with E-state index in [0.29, 0.717) is 21.7 Å². The molecule has 184 valence electrons. The minimum absolute atomic E-state index is 0.166. The maximum Gasteiger partial charge on any atom is 0.490 e. The number of hydrogen-bond donors (Lipinski definition) is 4. The molecule has 2 aromatic heterocycles. The highest BCUT2D eigenvalue weighted by Crippen LogP contribution is 2.40. The molecule has 3 aromatic rings. The van der Waals surface area contributed by atoms with Crippen molar-refractivity contribution in [2.45, 2.75) is 24.9 Å². The van der Waals surface area contributed by atoms with E-state index in [1.54, 1.807) is 19.2 Å². The molecular formula is C19H16F6N4O4S. The summed E-state index contributed by atoms with van der Waals surface area (Å²) in [5.41, 5.74) is 3.60. The topological polar surface area (TPSA) is 142 Å². The lowest BCUT2D eigenvalue weighted by Crippen LogP contribution is -2.45. The average Bonchev–Trinajstić information content (AvgIpc) is 3.27. The zero-order valence-corrected chi connectivity index (χ0v) is 17.8. The number of aliphatic carboxylic acids is 1. The normalized spacial score (nSPS) is 13.6. The lowest BCUT2D eigenvalue weighted by Gasteiger charge is -2.29. The Labute approximate surface area is 191 Å². The number of nitrogen functional groups attached to an aromatic ring is 1. The van der Waals surface area contributed by atoms with Crippen LogP contribution in [0.1, 0.15) is 11.1 Å². The van der Waals surface area contributed by atoms with Crippen molar-refractivity contribution in [2.24, 2.45) is 0 Å². The molecule has 0 fully saturated rings. The van der Waals surface area contributed by atoms with E-state index in [0.717, 1.165) is 23.7 Å². The van der Waals surface area contributed by atoms with Crippen LogP contribution in [0.2, 0.25) is 0 Å². The molecule has 0 bridgehead atoms. The van der Waals surface area contributed by atoms with Gasteiger partial charge in [-0.05, 0) is 41.7 Å². The van der Waals surface area contributed by atoms with Crippen molar-refractivity contribution in [3.05, 3.63) is 47.8 Å². The van der Waals surface area contributed by atoms with Gasteiger partial charge in [0.15, 0.2) is 5.82 Å². The van der Waals surface area contributed by atoms with Gasteiger partial charge in [-0.15, -0.1) is 0 Å². The minimum Gasteiger partial charge on any atom is -0.475 e. The van der Waals surface area contributed by atoms with E-state index in [1.807, 2.05) is 0 Å². The number of aliphatic hydroxyl groups excluding tert-OH is 1. The second-order valence-electron chi connectivity index (χ2n) is 6.71. The summed E-state index contributed by atoms with van der Waals surface area (Å²) in [5.74, 6) is -2.59. The molecule has 2 heterocycles. The number of carboxylic acids is 1. The lowest BCUT2D eigenvalue weighted by atomic mass is 9.90. The van der Waals surface area contributed by atoms with Gasteiger partial charge in [0.2, 0.25) is 5.60 Å². The summed E-state index contributed by atoms with van der Waals surface area (Å²) in [7, 11) is 0. The number of halogens is 6. The first-order valence-corrected chi connectivity index (χ1v) is 9.74. The zero-order valence-electron chi connectivity index (χ0n) is 17.0. The number of nitrogens with two attached hydrogens (primary N) is 1. The average molecular weight is 510 g/mol. The fourth-order valence-electron chi connectivity index (χ4n) is 2.55. The number of benzene rings is 1. The van der Waals surface area contributed by atoms with Crippen LogP contribution in [-0.4, -0.2) is 54.6 Å². The van der Waals surface area contributed by atoms with E-state index >= 15 is 0 Å². The molecule has 15 heteroatoms. The molecule has 0 radical (unpaired) electrons. The number of carboxylic acid groups (broad SMARTS) is 1. The first-order valence-electron chi connectivity index (χ1n) is 8.97. The number of aryl methyl sites for hydroxylation is 1. The number of carbonyl (C=O) groups is 1. The number of hydrogen-bond acceptors (Lipinski definition) is 8. The third-order valence-electron chi connectivity index (χ3n) is 4.40. The van der Waals surface area contributed by atoms with Gasteiger partial charge in [-0.3, -0.25) is 0 Å². The molecule has 0 aliphatic heterocycles. The quantitative estimate of drug-likeness (QED) is 0.391. The predicted molar refractivity (Wildman–Crippen MR) is 108 cm³/mol. The number of nitrogens with zero attached hydrogens (tertiary/aromatic N) is 3. The fourth-order valence-corrected chi connectivity index (χ4v) is 3.14. The summed E-state index contributed by atoms with van der Waals surface area (Å²) >= 11 is 1.16. The van der Waals surface area contributed by atoms with Gasteiger partial charge in [-0.25, -0.2) is 19.1 Å². The molecule has 1 atom stereocenters. The maximum absolute atomic E-state index is 13.3. The van der Waals surface area contributed by atoms with E-state index in [9.17, 15) is 36.6 Å². The Morgan fingerprint density at radius 3 is 2.24 bits per heavy atom. The number of aliphatic hydroxyl groups is 2. The molecule has 5 N–H and O–H groups in total. The van der Waals surface area contributed by atoms with Crippen LogP contribution in [0.3, 0.4) is 0 Å². The number of aromatic nitrogens is 3. The molecule has 0 aliphatic carbocycles. The van der Waals surface area contributed by atoms with Crippen molar-refractivity contribution in [1.29, 1.82) is 0 Å². The molecule has 0 spiro atoms. The summed E-state index contributed by atoms with van der Waals surface area (Å²) in [6.45, 7) is 0.188. The fraction of sp³-hybridized carbons (Fsp3) is 0.263. The zero-order chi connectivity index (χ0) is 25.9. The Hall–Kier alpha value is -3.30. The molecular weight excluding hydrogens is 494 g/mol. The van der Waals surface area contributed by atoms with Crippen molar-refractivity contribution in [3.8, 4) is 21.8 Å². The minimum atomic E-state index is -5.08. The van der Waals surface area contributed by atoms with Crippen molar-refractivity contribution < 1.29 is 46.5 Å². The summed E-state index contributed by atoms with van der Waals surface area (Å²) in [5, 5.41) is 26.3. The Morgan fingerprint density at radius 2 is 1.76 bits per heavy atom. The van der Waals surface area contributed by atoms with Crippen molar-refractivity contribution in [1.82, 2.24) is 14.3 Å². The number of rotatable bonds is 4. The summed E-state index contributed by atoms with van der Waals surface area (Å²) < 4.78 is 75.5. The van der Waals surface area contributed by atoms with Gasteiger partial charge in [0, 0.05) is 11.8 Å². The van der Waals surface area contributed by atoms with Crippen LogP contribution in [0, 0.1) is 6.92 Å². The third-order valence-corrected chi connectivity index (χ3v) is 5.16. The predicted octanol–water partition coefficient (Wildman–Crippen LogP) is 3.53. The Bertz CT molecular complexity index is 1150. The van der Waals surface area contributed by atoms with Crippen LogP contribution in [0.4, 0.5) is 32.2 Å². The van der Waals surface area contributed by atoms with Crippen molar-refractivity contribution in [3.63, 3.8) is 0 Å². The van der Waals surface area contributed by atoms with Gasteiger partial charge in [0.05, 0.1) is 23.4 Å². The monoisotopic (exact) mass is 510 g/mol. The third kappa shape index (κ3) is 5.78. The van der Waals surface area contributed by atoms with Gasteiger partial charge < -0.3 is 21.1 Å². The van der Waals surface area contributed by atoms with Crippen LogP contribution in [0.25, 0.3) is 21.8 Å². The van der Waals surface area contributed by atoms with Crippen LogP contribution >= 0.6 is 11.5 Å². The second-order valence-corrected chi connectivity index (χ2v) is 7.55. The standard InChI is InChI=1S/C17H15F3N4O2S.C2HF3O2/c1-9-2-3-10(16(26,8-25)17(18,19)20)6-11(9)12-7-22-15(21)14(24-12)13-4-5-23-27-13;3-2(4,5)1(6)7/h2-7,25-26H,8H2,1H3,(H2,21,22);(H,6,7). The SMILES string of the molecule is Cc1ccc(C(O)(CO)C(F)(F)F)cc1-c1cnc(N)c(-c2ccns2)n1.O=C(O)C(F)(F)F. The van der Waals surface area contributed by atoms with Crippen LogP contribution in [0.15, 0.2) is 36.7 Å². The molecule has 3 rings (SSSR count). The first-order chi connectivity index (χ1) is 15.6. The Kier molecular flexibility index (Phi) is 7.85. The van der Waals surface area contributed by atoms with Crippen LogP contribution in [-0.2, 0) is 10.4 Å². The van der Waals surface area contributed by atoms with Gasteiger partial charge in [-0.1, -0.05) is 12.1 Å². The lowest BCUT2D eigenvalue weighted by molar-refractivity contribution is -0.277. The van der Waals surface area contributed by atoms with Gasteiger partial charge in [0.25, 0.3) is 0 Å². The highest BCUT2D eigenvalue weighted by Gasteiger charge is 2.54.